The van der Waals surface area contributed by atoms with Crippen LogP contribution in [0, 0.1) is 11.3 Å². The first kappa shape index (κ1) is 37.6. The SMILES string of the molecule is N#Cc1cccc(-c2cccc(-c3nc(-c4ccccc4)nc(-c4ccc(-c5cccc(-c6ccccc6)c5-c5nc(-c6ccccc6)cc(-c6ccccc6)n5)cc4)n3)c2)c1. The molecule has 2 heterocycles. The van der Waals surface area contributed by atoms with Crippen LogP contribution in [0.25, 0.3) is 101 Å². The standard InChI is InChI=1S/C56H36N6/c57-37-38-16-13-25-45(34-38)46-26-14-27-47(35-46)55-61-53(43-23-11-4-12-24-43)60-54(62-55)44-32-30-40(31-33-44)49-29-15-28-48(39-17-5-1-6-18-39)52(49)56-58-50(41-19-7-2-8-20-41)36-51(59-56)42-21-9-3-10-22-42/h1-36H. The van der Waals surface area contributed by atoms with Gasteiger partial charge in [0, 0.05) is 33.4 Å². The summed E-state index contributed by atoms with van der Waals surface area (Å²) in [6.07, 6.45) is 0. The highest BCUT2D eigenvalue weighted by Gasteiger charge is 2.20. The van der Waals surface area contributed by atoms with Crippen molar-refractivity contribution < 1.29 is 0 Å². The molecular formula is C56H36N6. The Labute approximate surface area is 360 Å². The van der Waals surface area contributed by atoms with Crippen molar-refractivity contribution in [1.82, 2.24) is 24.9 Å². The van der Waals surface area contributed by atoms with Gasteiger partial charge in [-0.2, -0.15) is 5.26 Å². The van der Waals surface area contributed by atoms with Gasteiger partial charge in [0.15, 0.2) is 23.3 Å². The van der Waals surface area contributed by atoms with E-state index >= 15 is 0 Å². The summed E-state index contributed by atoms with van der Waals surface area (Å²) in [4.78, 5) is 25.7. The quantitative estimate of drug-likeness (QED) is 0.145. The van der Waals surface area contributed by atoms with Gasteiger partial charge < -0.3 is 0 Å². The van der Waals surface area contributed by atoms with Crippen molar-refractivity contribution in [2.75, 3.05) is 0 Å². The van der Waals surface area contributed by atoms with Crippen LogP contribution in [-0.2, 0) is 0 Å². The van der Waals surface area contributed by atoms with E-state index in [1.807, 2.05) is 115 Å². The van der Waals surface area contributed by atoms with Crippen molar-refractivity contribution in [3.05, 3.63) is 224 Å². The predicted molar refractivity (Wildman–Crippen MR) is 249 cm³/mol. The summed E-state index contributed by atoms with van der Waals surface area (Å²) in [7, 11) is 0. The monoisotopic (exact) mass is 792 g/mol. The summed E-state index contributed by atoms with van der Waals surface area (Å²) < 4.78 is 0. The van der Waals surface area contributed by atoms with E-state index in [0.717, 1.165) is 78.1 Å². The molecule has 2 aromatic heterocycles. The lowest BCUT2D eigenvalue weighted by atomic mass is 9.90. The molecule has 0 saturated heterocycles. The van der Waals surface area contributed by atoms with Crippen LogP contribution in [0.3, 0.4) is 0 Å². The minimum absolute atomic E-state index is 0.554. The first-order valence-electron chi connectivity index (χ1n) is 20.4. The Kier molecular flexibility index (Phi) is 10.3. The van der Waals surface area contributed by atoms with Crippen molar-refractivity contribution >= 4 is 0 Å². The molecule has 62 heavy (non-hydrogen) atoms. The normalized spacial score (nSPS) is 10.9. The third-order valence-corrected chi connectivity index (χ3v) is 10.8. The van der Waals surface area contributed by atoms with Crippen LogP contribution in [0.1, 0.15) is 5.56 Å². The highest BCUT2D eigenvalue weighted by atomic mass is 15.0. The van der Waals surface area contributed by atoms with Crippen LogP contribution in [0.2, 0.25) is 0 Å². The second-order valence-corrected chi connectivity index (χ2v) is 14.8. The van der Waals surface area contributed by atoms with Gasteiger partial charge in [0.05, 0.1) is 23.0 Å². The van der Waals surface area contributed by atoms with Crippen molar-refractivity contribution in [3.8, 4) is 108 Å². The molecule has 0 bridgehead atoms. The second kappa shape index (κ2) is 16.9. The molecule has 10 aromatic rings. The Balaban J connectivity index is 1.11. The third kappa shape index (κ3) is 7.78. The average Bonchev–Trinajstić information content (AvgIpc) is 3.37. The van der Waals surface area contributed by atoms with Crippen molar-refractivity contribution in [1.29, 1.82) is 5.26 Å². The van der Waals surface area contributed by atoms with Crippen LogP contribution in [0.4, 0.5) is 0 Å². The Morgan fingerprint density at radius 2 is 0.661 bits per heavy atom. The maximum absolute atomic E-state index is 9.54. The van der Waals surface area contributed by atoms with E-state index in [1.165, 1.54) is 0 Å². The van der Waals surface area contributed by atoms with Gasteiger partial charge in [-0.25, -0.2) is 24.9 Å². The molecule has 290 valence electrons. The molecule has 0 aliphatic heterocycles. The van der Waals surface area contributed by atoms with Crippen molar-refractivity contribution in [2.45, 2.75) is 0 Å². The molecule has 0 radical (unpaired) electrons. The Morgan fingerprint density at radius 1 is 0.274 bits per heavy atom. The van der Waals surface area contributed by atoms with E-state index in [1.54, 1.807) is 0 Å². The number of hydrogen-bond donors (Lipinski definition) is 0. The summed E-state index contributed by atoms with van der Waals surface area (Å²) in [6, 6.07) is 75.7. The van der Waals surface area contributed by atoms with Gasteiger partial charge in [0.1, 0.15) is 0 Å². The molecule has 0 aliphatic carbocycles. The van der Waals surface area contributed by atoms with E-state index in [4.69, 9.17) is 24.9 Å². The van der Waals surface area contributed by atoms with Crippen LogP contribution in [0.5, 0.6) is 0 Å². The summed E-state index contributed by atoms with van der Waals surface area (Å²) in [5, 5.41) is 9.54. The van der Waals surface area contributed by atoms with E-state index in [2.05, 4.69) is 109 Å². The molecule has 0 saturated carbocycles. The third-order valence-electron chi connectivity index (χ3n) is 10.8. The number of benzene rings is 8. The lowest BCUT2D eigenvalue weighted by Gasteiger charge is -2.17. The number of hydrogen-bond acceptors (Lipinski definition) is 6. The van der Waals surface area contributed by atoms with Gasteiger partial charge in [-0.15, -0.1) is 0 Å². The van der Waals surface area contributed by atoms with Gasteiger partial charge in [0.25, 0.3) is 0 Å². The van der Waals surface area contributed by atoms with E-state index in [0.29, 0.717) is 28.9 Å². The van der Waals surface area contributed by atoms with Gasteiger partial charge in [-0.05, 0) is 57.6 Å². The topological polar surface area (TPSA) is 88.2 Å². The fraction of sp³-hybridized carbons (Fsp3) is 0. The van der Waals surface area contributed by atoms with Gasteiger partial charge in [-0.1, -0.05) is 194 Å². The highest BCUT2D eigenvalue weighted by Crippen LogP contribution is 2.41. The van der Waals surface area contributed by atoms with E-state index in [-0.39, 0.29) is 0 Å². The van der Waals surface area contributed by atoms with Crippen LogP contribution in [-0.4, -0.2) is 24.9 Å². The smallest absolute Gasteiger partial charge is 0.164 e. The maximum Gasteiger partial charge on any atom is 0.164 e. The molecule has 8 aromatic carbocycles. The largest absolute Gasteiger partial charge is 0.228 e. The molecule has 6 nitrogen and oxygen atoms in total. The van der Waals surface area contributed by atoms with Crippen molar-refractivity contribution in [3.63, 3.8) is 0 Å². The number of nitriles is 1. The molecule has 0 aliphatic rings. The summed E-state index contributed by atoms with van der Waals surface area (Å²) >= 11 is 0. The number of rotatable bonds is 9. The van der Waals surface area contributed by atoms with Gasteiger partial charge in [0.2, 0.25) is 0 Å². The molecule has 0 atom stereocenters. The van der Waals surface area contributed by atoms with Gasteiger partial charge in [-0.3, -0.25) is 0 Å². The second-order valence-electron chi connectivity index (χ2n) is 14.8. The molecule has 10 rings (SSSR count). The number of aromatic nitrogens is 5. The molecule has 0 amide bonds. The van der Waals surface area contributed by atoms with E-state index in [9.17, 15) is 5.26 Å². The molecular weight excluding hydrogens is 757 g/mol. The van der Waals surface area contributed by atoms with Crippen LogP contribution in [0.15, 0.2) is 218 Å². The Morgan fingerprint density at radius 3 is 1.21 bits per heavy atom. The summed E-state index contributed by atoms with van der Waals surface area (Å²) in [5.41, 5.74) is 13.9. The fourth-order valence-electron chi connectivity index (χ4n) is 7.72. The zero-order valence-corrected chi connectivity index (χ0v) is 33.5. The Hall–Kier alpha value is -8.66. The minimum Gasteiger partial charge on any atom is -0.228 e. The fourth-order valence-corrected chi connectivity index (χ4v) is 7.72. The molecule has 0 spiro atoms. The van der Waals surface area contributed by atoms with Crippen LogP contribution >= 0.6 is 0 Å². The average molecular weight is 793 g/mol. The van der Waals surface area contributed by atoms with Crippen LogP contribution < -0.4 is 0 Å². The lowest BCUT2D eigenvalue weighted by Crippen LogP contribution is -2.01. The maximum atomic E-state index is 9.54. The summed E-state index contributed by atoms with van der Waals surface area (Å²) in [6.45, 7) is 0. The first-order valence-corrected chi connectivity index (χ1v) is 20.4. The van der Waals surface area contributed by atoms with Gasteiger partial charge >= 0.3 is 0 Å². The van der Waals surface area contributed by atoms with E-state index < -0.39 is 0 Å². The minimum atomic E-state index is 0.554. The predicted octanol–water partition coefficient (Wildman–Crippen LogP) is 13.5. The highest BCUT2D eigenvalue weighted by molar-refractivity contribution is 5.93. The first-order chi connectivity index (χ1) is 30.7. The molecule has 0 unspecified atom stereocenters. The van der Waals surface area contributed by atoms with Crippen molar-refractivity contribution in [2.24, 2.45) is 0 Å². The zero-order chi connectivity index (χ0) is 41.7. The zero-order valence-electron chi connectivity index (χ0n) is 33.5. The summed E-state index contributed by atoms with van der Waals surface area (Å²) in [5.74, 6) is 2.33. The number of nitrogens with zero attached hydrogens (tertiary/aromatic N) is 6. The molecule has 0 N–H and O–H groups in total. The lowest BCUT2D eigenvalue weighted by molar-refractivity contribution is 1.07. The molecule has 0 fully saturated rings. The Bertz CT molecular complexity index is 3160. The molecule has 6 heteroatoms.